The Hall–Kier alpha value is -1.96. The van der Waals surface area contributed by atoms with Crippen LogP contribution in [0.2, 0.25) is 20.1 Å². The maximum Gasteiger partial charge on any atom is 0.264 e. The van der Waals surface area contributed by atoms with Gasteiger partial charge in [-0.3, -0.25) is 9.10 Å². The largest absolute Gasteiger partial charge is 0.323 e. The SMILES string of the molecule is O=C(CN(c1cccc(Cl)c1)S(=O)(=O)c1ccc(Cl)cc1)Nc1cccc(Cl)c1Cl. The van der Waals surface area contributed by atoms with Crippen LogP contribution in [0.5, 0.6) is 0 Å². The van der Waals surface area contributed by atoms with Crippen molar-refractivity contribution in [1.29, 1.82) is 0 Å². The average Bonchev–Trinajstić information content (AvgIpc) is 2.70. The molecule has 0 saturated carbocycles. The molecule has 156 valence electrons. The Morgan fingerprint density at radius 2 is 1.53 bits per heavy atom. The lowest BCUT2D eigenvalue weighted by Crippen LogP contribution is -2.38. The maximum absolute atomic E-state index is 13.3. The first-order chi connectivity index (χ1) is 14.2. The minimum atomic E-state index is -4.10. The standard InChI is InChI=1S/C20H14Cl4N2O3S/c21-13-7-9-16(10-8-13)30(28,29)26(15-4-1-3-14(22)11-15)12-19(27)25-18-6-2-5-17(23)20(18)24/h1-11H,12H2,(H,25,27). The van der Waals surface area contributed by atoms with Gasteiger partial charge in [-0.1, -0.05) is 58.5 Å². The molecule has 0 spiro atoms. The van der Waals surface area contributed by atoms with E-state index in [0.717, 1.165) is 4.31 Å². The molecule has 3 aromatic rings. The Morgan fingerprint density at radius 1 is 0.867 bits per heavy atom. The van der Waals surface area contributed by atoms with Crippen molar-refractivity contribution in [2.24, 2.45) is 0 Å². The van der Waals surface area contributed by atoms with Crippen LogP contribution < -0.4 is 9.62 Å². The normalized spacial score (nSPS) is 11.2. The molecule has 3 rings (SSSR count). The summed E-state index contributed by atoms with van der Waals surface area (Å²) < 4.78 is 27.5. The van der Waals surface area contributed by atoms with Gasteiger partial charge in [0, 0.05) is 10.0 Å². The lowest BCUT2D eigenvalue weighted by molar-refractivity contribution is -0.114. The first-order valence-corrected chi connectivity index (χ1v) is 11.4. The van der Waals surface area contributed by atoms with Gasteiger partial charge in [0.15, 0.2) is 0 Å². The predicted molar refractivity (Wildman–Crippen MR) is 123 cm³/mol. The van der Waals surface area contributed by atoms with Crippen molar-refractivity contribution in [2.45, 2.75) is 4.90 Å². The molecule has 0 aromatic heterocycles. The second kappa shape index (κ2) is 9.45. The van der Waals surface area contributed by atoms with Crippen molar-refractivity contribution in [3.63, 3.8) is 0 Å². The molecule has 0 unspecified atom stereocenters. The summed E-state index contributed by atoms with van der Waals surface area (Å²) in [5.41, 5.74) is 0.494. The fourth-order valence-electron chi connectivity index (χ4n) is 2.60. The fourth-order valence-corrected chi connectivity index (χ4v) is 4.67. The van der Waals surface area contributed by atoms with Crippen LogP contribution in [0.4, 0.5) is 11.4 Å². The molecule has 3 aromatic carbocycles. The molecule has 5 nitrogen and oxygen atoms in total. The molecular weight excluding hydrogens is 490 g/mol. The summed E-state index contributed by atoms with van der Waals surface area (Å²) in [5, 5.41) is 3.70. The number of rotatable bonds is 6. The predicted octanol–water partition coefficient (Wildman–Crippen LogP) is 6.13. The van der Waals surface area contributed by atoms with Crippen molar-refractivity contribution in [1.82, 2.24) is 0 Å². The Bertz CT molecular complexity index is 1180. The highest BCUT2D eigenvalue weighted by atomic mass is 35.5. The molecule has 0 fully saturated rings. The highest BCUT2D eigenvalue weighted by Gasteiger charge is 2.27. The highest BCUT2D eigenvalue weighted by molar-refractivity contribution is 7.92. The smallest absolute Gasteiger partial charge is 0.264 e. The number of carbonyl (C=O) groups is 1. The lowest BCUT2D eigenvalue weighted by Gasteiger charge is -2.24. The molecule has 1 N–H and O–H groups in total. The zero-order valence-corrected chi connectivity index (χ0v) is 19.0. The molecule has 0 bridgehead atoms. The number of hydrogen-bond acceptors (Lipinski definition) is 3. The zero-order chi connectivity index (χ0) is 21.9. The van der Waals surface area contributed by atoms with Gasteiger partial charge in [-0.15, -0.1) is 0 Å². The number of anilines is 2. The topological polar surface area (TPSA) is 66.5 Å². The molecule has 0 heterocycles. The Morgan fingerprint density at radius 3 is 2.20 bits per heavy atom. The molecule has 0 aliphatic rings. The van der Waals surface area contributed by atoms with Crippen molar-refractivity contribution < 1.29 is 13.2 Å². The third-order valence-electron chi connectivity index (χ3n) is 4.01. The van der Waals surface area contributed by atoms with E-state index >= 15 is 0 Å². The van der Waals surface area contributed by atoms with Gasteiger partial charge in [-0.2, -0.15) is 0 Å². The van der Waals surface area contributed by atoms with Gasteiger partial charge in [0.2, 0.25) is 5.91 Å². The summed E-state index contributed by atoms with van der Waals surface area (Å²) in [6.45, 7) is -0.520. The number of carbonyl (C=O) groups excluding carboxylic acids is 1. The summed E-state index contributed by atoms with van der Waals surface area (Å²) in [6.07, 6.45) is 0. The van der Waals surface area contributed by atoms with Gasteiger partial charge in [-0.25, -0.2) is 8.42 Å². The summed E-state index contributed by atoms with van der Waals surface area (Å²) in [7, 11) is -4.10. The van der Waals surface area contributed by atoms with Crippen molar-refractivity contribution >= 4 is 73.7 Å². The van der Waals surface area contributed by atoms with Crippen molar-refractivity contribution in [3.8, 4) is 0 Å². The molecule has 0 atom stereocenters. The number of amides is 1. The number of nitrogens with zero attached hydrogens (tertiary/aromatic N) is 1. The van der Waals surface area contributed by atoms with E-state index < -0.39 is 22.5 Å². The zero-order valence-electron chi connectivity index (χ0n) is 15.2. The van der Waals surface area contributed by atoms with Crippen LogP contribution in [-0.2, 0) is 14.8 Å². The van der Waals surface area contributed by atoms with Crippen LogP contribution >= 0.6 is 46.4 Å². The van der Waals surface area contributed by atoms with Crippen LogP contribution in [0.3, 0.4) is 0 Å². The number of halogens is 4. The number of nitrogens with one attached hydrogen (secondary N) is 1. The van der Waals surface area contributed by atoms with Gasteiger partial charge < -0.3 is 5.32 Å². The summed E-state index contributed by atoms with van der Waals surface area (Å²) in [5.74, 6) is -0.614. The van der Waals surface area contributed by atoms with E-state index in [1.54, 1.807) is 36.4 Å². The summed E-state index contributed by atoms with van der Waals surface area (Å²) in [6, 6.07) is 16.6. The monoisotopic (exact) mass is 502 g/mol. The number of sulfonamides is 1. The molecule has 0 radical (unpaired) electrons. The Labute approximate surface area is 194 Å². The molecule has 0 saturated heterocycles. The van der Waals surface area contributed by atoms with E-state index in [2.05, 4.69) is 5.32 Å². The van der Waals surface area contributed by atoms with E-state index in [9.17, 15) is 13.2 Å². The first kappa shape index (κ1) is 22.7. The fraction of sp³-hybridized carbons (Fsp3) is 0.0500. The van der Waals surface area contributed by atoms with Gasteiger partial charge in [0.1, 0.15) is 6.54 Å². The van der Waals surface area contributed by atoms with Crippen molar-refractivity contribution in [3.05, 3.63) is 86.8 Å². The van der Waals surface area contributed by atoms with E-state index in [0.29, 0.717) is 10.0 Å². The summed E-state index contributed by atoms with van der Waals surface area (Å²) in [4.78, 5) is 12.7. The van der Waals surface area contributed by atoms with Gasteiger partial charge in [-0.05, 0) is 54.6 Å². The second-order valence-electron chi connectivity index (χ2n) is 6.10. The van der Waals surface area contributed by atoms with Crippen LogP contribution in [0, 0.1) is 0 Å². The summed E-state index contributed by atoms with van der Waals surface area (Å²) >= 11 is 24.0. The minimum Gasteiger partial charge on any atom is -0.323 e. The van der Waals surface area contributed by atoms with Crippen molar-refractivity contribution in [2.75, 3.05) is 16.2 Å². The third-order valence-corrected chi connectivity index (χ3v) is 7.10. The quantitative estimate of drug-likeness (QED) is 0.439. The Balaban J connectivity index is 1.97. The van der Waals surface area contributed by atoms with Crippen LogP contribution in [0.1, 0.15) is 0 Å². The van der Waals surface area contributed by atoms with Gasteiger partial charge in [0.05, 0.1) is 26.3 Å². The minimum absolute atomic E-state index is 0.0273. The molecule has 0 aliphatic heterocycles. The molecule has 0 aliphatic carbocycles. The number of benzene rings is 3. The Kier molecular flexibility index (Phi) is 7.16. The highest BCUT2D eigenvalue weighted by Crippen LogP contribution is 2.30. The van der Waals surface area contributed by atoms with E-state index in [-0.39, 0.29) is 26.3 Å². The third kappa shape index (κ3) is 5.20. The molecule has 10 heteroatoms. The maximum atomic E-state index is 13.3. The van der Waals surface area contributed by atoms with Gasteiger partial charge >= 0.3 is 0 Å². The van der Waals surface area contributed by atoms with E-state index in [1.807, 2.05) is 0 Å². The number of hydrogen-bond donors (Lipinski definition) is 1. The van der Waals surface area contributed by atoms with Crippen LogP contribution in [0.15, 0.2) is 71.6 Å². The molecule has 30 heavy (non-hydrogen) atoms. The van der Waals surface area contributed by atoms with Gasteiger partial charge in [0.25, 0.3) is 10.0 Å². The van der Waals surface area contributed by atoms with E-state index in [4.69, 9.17) is 46.4 Å². The average molecular weight is 504 g/mol. The second-order valence-corrected chi connectivity index (χ2v) is 9.62. The molecular formula is C20H14Cl4N2O3S. The van der Waals surface area contributed by atoms with Crippen LogP contribution in [0.25, 0.3) is 0 Å². The van der Waals surface area contributed by atoms with E-state index in [1.165, 1.54) is 30.3 Å². The lowest BCUT2D eigenvalue weighted by atomic mass is 10.3. The van der Waals surface area contributed by atoms with Crippen LogP contribution in [-0.4, -0.2) is 20.9 Å². The first-order valence-electron chi connectivity index (χ1n) is 8.46. The molecule has 1 amide bonds.